The monoisotopic (exact) mass is 511 g/mol. The third-order valence-corrected chi connectivity index (χ3v) is 8.36. The minimum Gasteiger partial charge on any atom is -0.396 e. The van der Waals surface area contributed by atoms with Gasteiger partial charge in [0.15, 0.2) is 0 Å². The SMILES string of the molecule is C[C@@H]1[C@@H](CO)C[C@@H](Nc2nc(NCc3cccc(F)c3)nc(Cl)c2-c2nc3ccccc3s2)[C@@H]1C. The Balaban J connectivity index is 1.51. The number of benzene rings is 2. The molecule has 2 aromatic heterocycles. The molecule has 0 radical (unpaired) electrons. The minimum atomic E-state index is -0.292. The molecule has 2 heterocycles. The van der Waals surface area contributed by atoms with Crippen molar-refractivity contribution in [3.63, 3.8) is 0 Å². The van der Waals surface area contributed by atoms with Gasteiger partial charge in [-0.2, -0.15) is 4.98 Å². The van der Waals surface area contributed by atoms with Gasteiger partial charge in [0.05, 0.1) is 15.8 Å². The molecule has 9 heteroatoms. The Bertz CT molecular complexity index is 1320. The fourth-order valence-corrected chi connectivity index (χ4v) is 6.10. The highest BCUT2D eigenvalue weighted by Crippen LogP contribution is 2.42. The Kier molecular flexibility index (Phi) is 6.86. The summed E-state index contributed by atoms with van der Waals surface area (Å²) in [5.41, 5.74) is 2.33. The molecule has 0 amide bonds. The van der Waals surface area contributed by atoms with Gasteiger partial charge >= 0.3 is 0 Å². The second-order valence-electron chi connectivity index (χ2n) is 9.18. The van der Waals surface area contributed by atoms with E-state index >= 15 is 0 Å². The summed E-state index contributed by atoms with van der Waals surface area (Å²) >= 11 is 8.29. The quantitative estimate of drug-likeness (QED) is 0.255. The van der Waals surface area contributed by atoms with Gasteiger partial charge in [0.2, 0.25) is 5.95 Å². The van der Waals surface area contributed by atoms with Crippen LogP contribution in [-0.2, 0) is 6.54 Å². The zero-order chi connectivity index (χ0) is 24.5. The number of aliphatic hydroxyl groups is 1. The van der Waals surface area contributed by atoms with Crippen LogP contribution in [0.5, 0.6) is 0 Å². The van der Waals surface area contributed by atoms with Crippen molar-refractivity contribution < 1.29 is 9.50 Å². The molecule has 1 aliphatic rings. The Labute approximate surface area is 212 Å². The van der Waals surface area contributed by atoms with Crippen molar-refractivity contribution in [2.45, 2.75) is 32.9 Å². The number of aromatic nitrogens is 3. The fourth-order valence-electron chi connectivity index (χ4n) is 4.77. The molecule has 0 bridgehead atoms. The van der Waals surface area contributed by atoms with Gasteiger partial charge in [0.25, 0.3) is 0 Å². The van der Waals surface area contributed by atoms with Gasteiger partial charge < -0.3 is 15.7 Å². The maximum absolute atomic E-state index is 13.6. The van der Waals surface area contributed by atoms with E-state index in [0.29, 0.717) is 40.9 Å². The lowest BCUT2D eigenvalue weighted by atomic mass is 9.92. The van der Waals surface area contributed by atoms with Crippen LogP contribution in [0.2, 0.25) is 5.15 Å². The molecule has 0 unspecified atom stereocenters. The van der Waals surface area contributed by atoms with Crippen molar-refractivity contribution in [3.8, 4) is 10.6 Å². The first-order valence-electron chi connectivity index (χ1n) is 11.7. The van der Waals surface area contributed by atoms with Gasteiger partial charge in [-0.15, -0.1) is 11.3 Å². The number of thiazole rings is 1. The van der Waals surface area contributed by atoms with Crippen LogP contribution in [0, 0.1) is 23.6 Å². The van der Waals surface area contributed by atoms with Crippen molar-refractivity contribution in [1.82, 2.24) is 15.0 Å². The highest BCUT2D eigenvalue weighted by Gasteiger charge is 2.38. The van der Waals surface area contributed by atoms with Crippen molar-refractivity contribution in [1.29, 1.82) is 0 Å². The number of rotatable bonds is 7. The second kappa shape index (κ2) is 10.0. The van der Waals surface area contributed by atoms with E-state index in [4.69, 9.17) is 21.6 Å². The molecule has 5 rings (SSSR count). The molecular weight excluding hydrogens is 485 g/mol. The number of hydrogen-bond donors (Lipinski definition) is 3. The van der Waals surface area contributed by atoms with E-state index in [9.17, 15) is 9.50 Å². The molecule has 3 N–H and O–H groups in total. The fraction of sp³-hybridized carbons (Fsp3) is 0.346. The smallest absolute Gasteiger partial charge is 0.226 e. The van der Waals surface area contributed by atoms with Gasteiger partial charge in [-0.1, -0.05) is 49.7 Å². The molecule has 0 aliphatic heterocycles. The summed E-state index contributed by atoms with van der Waals surface area (Å²) in [6.45, 7) is 4.90. The lowest BCUT2D eigenvalue weighted by Crippen LogP contribution is -2.25. The normalized spacial score (nSPS) is 22.0. The van der Waals surface area contributed by atoms with Gasteiger partial charge in [0, 0.05) is 19.2 Å². The standard InChI is InChI=1S/C26H27ClFN5OS/c1-14-15(2)20(11-17(14)13-34)30-24-22(25-31-19-8-3-4-9-21(19)35-25)23(27)32-26(33-24)29-12-16-6-5-7-18(28)10-16/h3-10,14-15,17,20,34H,11-13H2,1-2H3,(H2,29,30,32,33)/t14-,15+,17+,20+/m0/s1. The number of nitrogens with one attached hydrogen (secondary N) is 2. The first kappa shape index (κ1) is 23.9. The summed E-state index contributed by atoms with van der Waals surface area (Å²) < 4.78 is 14.6. The number of aliphatic hydroxyl groups excluding tert-OH is 1. The minimum absolute atomic E-state index is 0.123. The van der Waals surface area contributed by atoms with Crippen LogP contribution in [0.25, 0.3) is 20.8 Å². The Morgan fingerprint density at radius 1 is 1.09 bits per heavy atom. The Morgan fingerprint density at radius 3 is 2.66 bits per heavy atom. The summed E-state index contributed by atoms with van der Waals surface area (Å²) in [6.07, 6.45) is 0.839. The molecule has 6 nitrogen and oxygen atoms in total. The van der Waals surface area contributed by atoms with E-state index in [2.05, 4.69) is 29.5 Å². The number of halogens is 2. The zero-order valence-corrected chi connectivity index (χ0v) is 21.1. The number of nitrogens with zero attached hydrogens (tertiary/aromatic N) is 3. The molecule has 1 saturated carbocycles. The van der Waals surface area contributed by atoms with E-state index in [0.717, 1.165) is 27.2 Å². The number of hydrogen-bond acceptors (Lipinski definition) is 7. The Morgan fingerprint density at radius 2 is 1.91 bits per heavy atom. The maximum Gasteiger partial charge on any atom is 0.226 e. The van der Waals surface area contributed by atoms with Crippen molar-refractivity contribution in [3.05, 3.63) is 65.1 Å². The van der Waals surface area contributed by atoms with E-state index in [1.165, 1.54) is 12.1 Å². The first-order chi connectivity index (χ1) is 16.9. The van der Waals surface area contributed by atoms with Crippen LogP contribution in [-0.4, -0.2) is 32.7 Å². The molecule has 0 saturated heterocycles. The van der Waals surface area contributed by atoms with Crippen LogP contribution >= 0.6 is 22.9 Å². The number of anilines is 2. The lowest BCUT2D eigenvalue weighted by molar-refractivity contribution is 0.191. The largest absolute Gasteiger partial charge is 0.396 e. The summed E-state index contributed by atoms with van der Waals surface area (Å²) in [5, 5.41) is 17.6. The summed E-state index contributed by atoms with van der Waals surface area (Å²) in [5.74, 6) is 1.62. The molecule has 4 aromatic rings. The zero-order valence-electron chi connectivity index (χ0n) is 19.5. The highest BCUT2D eigenvalue weighted by atomic mass is 35.5. The predicted molar refractivity (Wildman–Crippen MR) is 140 cm³/mol. The van der Waals surface area contributed by atoms with E-state index in [-0.39, 0.29) is 24.4 Å². The lowest BCUT2D eigenvalue weighted by Gasteiger charge is -2.22. The van der Waals surface area contributed by atoms with Crippen LogP contribution < -0.4 is 10.6 Å². The van der Waals surface area contributed by atoms with Gasteiger partial charge in [-0.25, -0.2) is 14.4 Å². The second-order valence-corrected chi connectivity index (χ2v) is 10.6. The third kappa shape index (κ3) is 4.96. The van der Waals surface area contributed by atoms with Crippen LogP contribution in [0.15, 0.2) is 48.5 Å². The van der Waals surface area contributed by atoms with Crippen molar-refractivity contribution in [2.24, 2.45) is 17.8 Å². The third-order valence-electron chi connectivity index (χ3n) is 7.03. The molecular formula is C26H27ClFN5OS. The number of fused-ring (bicyclic) bond motifs is 1. The van der Waals surface area contributed by atoms with Crippen LogP contribution in [0.1, 0.15) is 25.8 Å². The first-order valence-corrected chi connectivity index (χ1v) is 12.9. The van der Waals surface area contributed by atoms with E-state index in [1.807, 2.05) is 30.3 Å². The summed E-state index contributed by atoms with van der Waals surface area (Å²) in [4.78, 5) is 14.1. The molecule has 35 heavy (non-hydrogen) atoms. The molecule has 1 fully saturated rings. The average molecular weight is 512 g/mol. The molecule has 182 valence electrons. The van der Waals surface area contributed by atoms with Crippen molar-refractivity contribution in [2.75, 3.05) is 17.2 Å². The molecule has 2 aromatic carbocycles. The van der Waals surface area contributed by atoms with E-state index < -0.39 is 0 Å². The summed E-state index contributed by atoms with van der Waals surface area (Å²) in [6, 6.07) is 14.5. The topological polar surface area (TPSA) is 83.0 Å². The highest BCUT2D eigenvalue weighted by molar-refractivity contribution is 7.21. The van der Waals surface area contributed by atoms with Gasteiger partial charge in [-0.05, 0) is 54.0 Å². The Hall–Kier alpha value is -2.81. The maximum atomic E-state index is 13.6. The molecule has 0 spiro atoms. The van der Waals surface area contributed by atoms with Crippen molar-refractivity contribution >= 4 is 44.9 Å². The van der Waals surface area contributed by atoms with Crippen LogP contribution in [0.3, 0.4) is 0 Å². The van der Waals surface area contributed by atoms with Gasteiger partial charge in [-0.3, -0.25) is 0 Å². The van der Waals surface area contributed by atoms with E-state index in [1.54, 1.807) is 17.4 Å². The number of para-hydroxylation sites is 1. The molecule has 1 aliphatic carbocycles. The predicted octanol–water partition coefficient (Wildman–Crippen LogP) is 6.22. The van der Waals surface area contributed by atoms with Gasteiger partial charge in [0.1, 0.15) is 21.8 Å². The van der Waals surface area contributed by atoms with Crippen LogP contribution in [0.4, 0.5) is 16.2 Å². The summed E-state index contributed by atoms with van der Waals surface area (Å²) in [7, 11) is 0. The average Bonchev–Trinajstić information content (AvgIpc) is 3.38. The molecule has 4 atom stereocenters.